The maximum atomic E-state index is 5.20. The fourth-order valence-corrected chi connectivity index (χ4v) is 1.62. The molecule has 0 bridgehead atoms. The van der Waals surface area contributed by atoms with Gasteiger partial charge in [0.25, 0.3) is 0 Å². The van der Waals surface area contributed by atoms with E-state index >= 15 is 0 Å². The molecule has 0 saturated heterocycles. The van der Waals surface area contributed by atoms with E-state index in [1.807, 2.05) is 12.1 Å². The first-order valence-corrected chi connectivity index (χ1v) is 6.37. The summed E-state index contributed by atoms with van der Waals surface area (Å²) in [6.07, 6.45) is 2.04. The molecule has 0 aromatic heterocycles. The lowest BCUT2D eigenvalue weighted by molar-refractivity contribution is 0.414. The van der Waals surface area contributed by atoms with Crippen molar-refractivity contribution >= 4 is 29.9 Å². The van der Waals surface area contributed by atoms with Gasteiger partial charge in [-0.05, 0) is 30.5 Å². The molecule has 0 aliphatic rings. The molecular formula is C14H24IN3O. The van der Waals surface area contributed by atoms with Crippen LogP contribution in [-0.4, -0.2) is 33.2 Å². The molecule has 19 heavy (non-hydrogen) atoms. The Morgan fingerprint density at radius 1 is 1.26 bits per heavy atom. The van der Waals surface area contributed by atoms with Gasteiger partial charge in [-0.3, -0.25) is 4.99 Å². The highest BCUT2D eigenvalue weighted by molar-refractivity contribution is 14.0. The second-order valence-electron chi connectivity index (χ2n) is 4.03. The summed E-state index contributed by atoms with van der Waals surface area (Å²) in [6.45, 7) is 3.94. The van der Waals surface area contributed by atoms with Crippen molar-refractivity contribution in [2.45, 2.75) is 19.8 Å². The normalized spacial score (nSPS) is 10.6. The van der Waals surface area contributed by atoms with Gasteiger partial charge in [0.05, 0.1) is 7.11 Å². The number of aliphatic imine (C=N–C) groups is 1. The number of guanidine groups is 1. The zero-order chi connectivity index (χ0) is 13.2. The molecule has 0 saturated carbocycles. The third-order valence-electron chi connectivity index (χ3n) is 2.61. The van der Waals surface area contributed by atoms with Crippen molar-refractivity contribution in [3.8, 4) is 5.75 Å². The molecule has 0 unspecified atom stereocenters. The summed E-state index contributed by atoms with van der Waals surface area (Å²) >= 11 is 0. The summed E-state index contributed by atoms with van der Waals surface area (Å²) in [5.41, 5.74) is 1.26. The number of hydrogen-bond acceptors (Lipinski definition) is 2. The van der Waals surface area contributed by atoms with Crippen LogP contribution in [0.4, 0.5) is 0 Å². The quantitative estimate of drug-likeness (QED) is 0.455. The lowest BCUT2D eigenvalue weighted by Gasteiger charge is -2.11. The highest BCUT2D eigenvalue weighted by Gasteiger charge is 1.98. The zero-order valence-electron chi connectivity index (χ0n) is 11.9. The number of ether oxygens (including phenoxy) is 1. The lowest BCUT2D eigenvalue weighted by atomic mass is 10.1. The highest BCUT2D eigenvalue weighted by atomic mass is 127. The first kappa shape index (κ1) is 18.0. The highest BCUT2D eigenvalue weighted by Crippen LogP contribution is 2.12. The van der Waals surface area contributed by atoms with E-state index in [9.17, 15) is 0 Å². The third-order valence-corrected chi connectivity index (χ3v) is 2.61. The standard InChI is InChI=1S/C14H23N3O.HI/c1-4-9-16-14(15-2)17-10-8-12-6-5-7-13(11-12)18-3;/h5-7,11H,4,8-10H2,1-3H3,(H2,15,16,17);1H. The second-order valence-corrected chi connectivity index (χ2v) is 4.03. The van der Waals surface area contributed by atoms with Gasteiger partial charge in [-0.2, -0.15) is 0 Å². The number of methoxy groups -OCH3 is 1. The van der Waals surface area contributed by atoms with Gasteiger partial charge >= 0.3 is 0 Å². The summed E-state index contributed by atoms with van der Waals surface area (Å²) in [5.74, 6) is 1.76. The average molecular weight is 377 g/mol. The van der Waals surface area contributed by atoms with Crippen LogP contribution in [0.2, 0.25) is 0 Å². The first-order valence-electron chi connectivity index (χ1n) is 6.37. The maximum Gasteiger partial charge on any atom is 0.190 e. The fourth-order valence-electron chi connectivity index (χ4n) is 1.62. The van der Waals surface area contributed by atoms with Gasteiger partial charge in [0, 0.05) is 20.1 Å². The third kappa shape index (κ3) is 7.25. The van der Waals surface area contributed by atoms with E-state index in [1.165, 1.54) is 5.56 Å². The molecular weight excluding hydrogens is 353 g/mol. The van der Waals surface area contributed by atoms with E-state index in [2.05, 4.69) is 34.7 Å². The smallest absolute Gasteiger partial charge is 0.190 e. The number of halogens is 1. The molecule has 0 amide bonds. The maximum absolute atomic E-state index is 5.20. The van der Waals surface area contributed by atoms with Crippen molar-refractivity contribution in [2.24, 2.45) is 4.99 Å². The predicted octanol–water partition coefficient (Wildman–Crippen LogP) is 2.43. The summed E-state index contributed by atoms with van der Waals surface area (Å²) in [6, 6.07) is 8.13. The van der Waals surface area contributed by atoms with Crippen LogP contribution in [0.25, 0.3) is 0 Å². The molecule has 0 radical (unpaired) electrons. The van der Waals surface area contributed by atoms with E-state index < -0.39 is 0 Å². The topological polar surface area (TPSA) is 45.7 Å². The lowest BCUT2D eigenvalue weighted by Crippen LogP contribution is -2.38. The monoisotopic (exact) mass is 377 g/mol. The molecule has 5 heteroatoms. The number of hydrogen-bond donors (Lipinski definition) is 2. The molecule has 0 aliphatic heterocycles. The van der Waals surface area contributed by atoms with Gasteiger partial charge in [-0.15, -0.1) is 24.0 Å². The molecule has 0 spiro atoms. The Morgan fingerprint density at radius 2 is 2.00 bits per heavy atom. The number of benzene rings is 1. The van der Waals surface area contributed by atoms with Crippen molar-refractivity contribution in [1.29, 1.82) is 0 Å². The Kier molecular flexibility index (Phi) is 10.3. The van der Waals surface area contributed by atoms with Crippen LogP contribution in [0.15, 0.2) is 29.3 Å². The van der Waals surface area contributed by atoms with Gasteiger partial charge in [0.1, 0.15) is 5.75 Å². The average Bonchev–Trinajstić information content (AvgIpc) is 2.43. The Morgan fingerprint density at radius 3 is 2.63 bits per heavy atom. The van der Waals surface area contributed by atoms with Gasteiger partial charge in [0.15, 0.2) is 5.96 Å². The van der Waals surface area contributed by atoms with Gasteiger partial charge in [0.2, 0.25) is 0 Å². The van der Waals surface area contributed by atoms with Crippen molar-refractivity contribution < 1.29 is 4.74 Å². The molecule has 1 aromatic carbocycles. The van der Waals surface area contributed by atoms with E-state index in [0.29, 0.717) is 0 Å². The molecule has 0 aliphatic carbocycles. The Labute approximate surface area is 133 Å². The van der Waals surface area contributed by atoms with E-state index in [4.69, 9.17) is 4.74 Å². The van der Waals surface area contributed by atoms with Gasteiger partial charge in [-0.25, -0.2) is 0 Å². The van der Waals surface area contributed by atoms with E-state index in [1.54, 1.807) is 14.2 Å². The molecule has 0 fully saturated rings. The summed E-state index contributed by atoms with van der Waals surface area (Å²) < 4.78 is 5.20. The minimum absolute atomic E-state index is 0. The van der Waals surface area contributed by atoms with E-state index in [0.717, 1.165) is 37.6 Å². The van der Waals surface area contributed by atoms with Crippen LogP contribution < -0.4 is 15.4 Å². The zero-order valence-corrected chi connectivity index (χ0v) is 14.2. The summed E-state index contributed by atoms with van der Waals surface area (Å²) in [4.78, 5) is 4.16. The largest absolute Gasteiger partial charge is 0.497 e. The van der Waals surface area contributed by atoms with Crippen LogP contribution in [-0.2, 0) is 6.42 Å². The number of nitrogens with one attached hydrogen (secondary N) is 2. The number of nitrogens with zero attached hydrogens (tertiary/aromatic N) is 1. The molecule has 108 valence electrons. The molecule has 4 nitrogen and oxygen atoms in total. The number of rotatable bonds is 6. The van der Waals surface area contributed by atoms with Gasteiger partial charge < -0.3 is 15.4 Å². The minimum Gasteiger partial charge on any atom is -0.497 e. The van der Waals surface area contributed by atoms with Crippen LogP contribution in [0.5, 0.6) is 5.75 Å². The second kappa shape index (κ2) is 10.9. The fraction of sp³-hybridized carbons (Fsp3) is 0.500. The molecule has 1 rings (SSSR count). The Balaban J connectivity index is 0.00000324. The summed E-state index contributed by atoms with van der Waals surface area (Å²) in [5, 5.41) is 6.53. The van der Waals surface area contributed by atoms with Crippen LogP contribution in [0.3, 0.4) is 0 Å². The minimum atomic E-state index is 0. The molecule has 2 N–H and O–H groups in total. The van der Waals surface area contributed by atoms with Crippen LogP contribution in [0.1, 0.15) is 18.9 Å². The Bertz CT molecular complexity index is 383. The summed E-state index contributed by atoms with van der Waals surface area (Å²) in [7, 11) is 3.48. The predicted molar refractivity (Wildman–Crippen MR) is 91.8 cm³/mol. The van der Waals surface area contributed by atoms with Crippen molar-refractivity contribution in [3.05, 3.63) is 29.8 Å². The molecule has 0 heterocycles. The van der Waals surface area contributed by atoms with Gasteiger partial charge in [-0.1, -0.05) is 19.1 Å². The van der Waals surface area contributed by atoms with Crippen molar-refractivity contribution in [2.75, 3.05) is 27.2 Å². The molecule has 1 aromatic rings. The van der Waals surface area contributed by atoms with Crippen molar-refractivity contribution in [3.63, 3.8) is 0 Å². The van der Waals surface area contributed by atoms with E-state index in [-0.39, 0.29) is 24.0 Å². The SMILES string of the molecule is CCCNC(=NC)NCCc1cccc(OC)c1.I. The van der Waals surface area contributed by atoms with Crippen LogP contribution >= 0.6 is 24.0 Å². The Hall–Kier alpha value is -0.980. The first-order chi connectivity index (χ1) is 8.80. The van der Waals surface area contributed by atoms with Crippen LogP contribution in [0, 0.1) is 0 Å². The van der Waals surface area contributed by atoms with Crippen molar-refractivity contribution in [1.82, 2.24) is 10.6 Å². The molecule has 0 atom stereocenters.